The lowest BCUT2D eigenvalue weighted by atomic mass is 10.1. The van der Waals surface area contributed by atoms with E-state index in [4.69, 9.17) is 5.73 Å². The monoisotopic (exact) mass is 256 g/mol. The van der Waals surface area contributed by atoms with Crippen molar-refractivity contribution in [1.82, 2.24) is 4.90 Å². The quantitative estimate of drug-likeness (QED) is 0.897. The number of rotatable bonds is 4. The van der Waals surface area contributed by atoms with Crippen LogP contribution in [0.15, 0.2) is 24.3 Å². The molecule has 1 aromatic carbocycles. The van der Waals surface area contributed by atoms with Crippen molar-refractivity contribution in [2.45, 2.75) is 32.0 Å². The van der Waals surface area contributed by atoms with Gasteiger partial charge >= 0.3 is 6.61 Å². The highest BCUT2D eigenvalue weighted by Gasteiger charge is 2.16. The fourth-order valence-electron chi connectivity index (χ4n) is 2.27. The molecule has 0 spiro atoms. The average molecular weight is 256 g/mol. The van der Waals surface area contributed by atoms with Gasteiger partial charge in [-0.05, 0) is 37.1 Å². The molecule has 5 heteroatoms. The van der Waals surface area contributed by atoms with Crippen LogP contribution in [0.5, 0.6) is 5.75 Å². The summed E-state index contributed by atoms with van der Waals surface area (Å²) in [6, 6.07) is 7.03. The molecule has 1 fully saturated rings. The molecule has 1 aliphatic heterocycles. The maximum absolute atomic E-state index is 12.0. The lowest BCUT2D eigenvalue weighted by molar-refractivity contribution is -0.0498. The van der Waals surface area contributed by atoms with Crippen LogP contribution in [-0.2, 0) is 6.54 Å². The first-order valence-corrected chi connectivity index (χ1v) is 6.15. The Morgan fingerprint density at radius 2 is 2.06 bits per heavy atom. The minimum Gasteiger partial charge on any atom is -0.435 e. The van der Waals surface area contributed by atoms with Crippen molar-refractivity contribution in [3.8, 4) is 5.75 Å². The number of piperidine rings is 1. The second kappa shape index (κ2) is 6.11. The molecule has 2 rings (SSSR count). The van der Waals surface area contributed by atoms with E-state index in [1.165, 1.54) is 0 Å². The van der Waals surface area contributed by atoms with Crippen LogP contribution in [0.25, 0.3) is 0 Å². The van der Waals surface area contributed by atoms with Gasteiger partial charge in [0.1, 0.15) is 5.75 Å². The Labute approximate surface area is 106 Å². The largest absolute Gasteiger partial charge is 0.435 e. The summed E-state index contributed by atoms with van der Waals surface area (Å²) in [7, 11) is 0. The van der Waals surface area contributed by atoms with Gasteiger partial charge in [-0.3, -0.25) is 4.90 Å². The molecule has 100 valence electrons. The molecule has 2 N–H and O–H groups in total. The first-order valence-electron chi connectivity index (χ1n) is 6.15. The molecule has 1 saturated heterocycles. The minimum atomic E-state index is -2.77. The van der Waals surface area contributed by atoms with Crippen molar-refractivity contribution in [1.29, 1.82) is 0 Å². The predicted molar refractivity (Wildman–Crippen MR) is 65.6 cm³/mol. The molecular weight excluding hydrogens is 238 g/mol. The Morgan fingerprint density at radius 3 is 2.67 bits per heavy atom. The SMILES string of the molecule is N[C@@H]1CCCN(Cc2ccc(OC(F)F)cc2)C1. The van der Waals surface area contributed by atoms with Crippen molar-refractivity contribution >= 4 is 0 Å². The van der Waals surface area contributed by atoms with Gasteiger partial charge in [0.25, 0.3) is 0 Å². The van der Waals surface area contributed by atoms with E-state index >= 15 is 0 Å². The Balaban J connectivity index is 1.89. The van der Waals surface area contributed by atoms with E-state index in [9.17, 15) is 8.78 Å². The molecule has 1 aromatic rings. The molecule has 3 nitrogen and oxygen atoms in total. The molecule has 0 bridgehead atoms. The predicted octanol–water partition coefficient (Wildman–Crippen LogP) is 2.21. The molecule has 0 aromatic heterocycles. The zero-order chi connectivity index (χ0) is 13.0. The fourth-order valence-corrected chi connectivity index (χ4v) is 2.27. The molecule has 1 heterocycles. The third-order valence-electron chi connectivity index (χ3n) is 3.10. The highest BCUT2D eigenvalue weighted by Crippen LogP contribution is 2.17. The smallest absolute Gasteiger partial charge is 0.387 e. The topological polar surface area (TPSA) is 38.5 Å². The van der Waals surface area contributed by atoms with Crippen LogP contribution in [0.3, 0.4) is 0 Å². The lowest BCUT2D eigenvalue weighted by Crippen LogP contribution is -2.42. The third-order valence-corrected chi connectivity index (χ3v) is 3.10. The zero-order valence-corrected chi connectivity index (χ0v) is 10.2. The number of nitrogens with zero attached hydrogens (tertiary/aromatic N) is 1. The van der Waals surface area contributed by atoms with Crippen molar-refractivity contribution in [2.24, 2.45) is 5.73 Å². The summed E-state index contributed by atoms with van der Waals surface area (Å²) in [6.45, 7) is -0.0167. The number of nitrogens with two attached hydrogens (primary N) is 1. The Morgan fingerprint density at radius 1 is 1.33 bits per heavy atom. The number of hydrogen-bond donors (Lipinski definition) is 1. The van der Waals surface area contributed by atoms with Crippen LogP contribution in [-0.4, -0.2) is 30.6 Å². The number of ether oxygens (including phenoxy) is 1. The van der Waals surface area contributed by atoms with E-state index in [0.717, 1.165) is 38.0 Å². The maximum atomic E-state index is 12.0. The molecule has 0 unspecified atom stereocenters. The molecule has 18 heavy (non-hydrogen) atoms. The third kappa shape index (κ3) is 3.92. The van der Waals surface area contributed by atoms with Crippen LogP contribution >= 0.6 is 0 Å². The van der Waals surface area contributed by atoms with E-state index in [1.807, 2.05) is 12.1 Å². The van der Waals surface area contributed by atoms with Crippen LogP contribution in [0, 0.1) is 0 Å². The van der Waals surface area contributed by atoms with Gasteiger partial charge in [-0.15, -0.1) is 0 Å². The summed E-state index contributed by atoms with van der Waals surface area (Å²) in [6.07, 6.45) is 2.20. The molecule has 0 radical (unpaired) electrons. The van der Waals surface area contributed by atoms with Gasteiger partial charge in [-0.2, -0.15) is 8.78 Å². The summed E-state index contributed by atoms with van der Waals surface area (Å²) >= 11 is 0. The van der Waals surface area contributed by atoms with E-state index in [-0.39, 0.29) is 11.8 Å². The minimum absolute atomic E-state index is 0.198. The van der Waals surface area contributed by atoms with Gasteiger partial charge in [0.2, 0.25) is 0 Å². The summed E-state index contributed by atoms with van der Waals surface area (Å²) in [4.78, 5) is 2.29. The lowest BCUT2D eigenvalue weighted by Gasteiger charge is -2.30. The summed E-state index contributed by atoms with van der Waals surface area (Å²) in [5.41, 5.74) is 7.00. The van der Waals surface area contributed by atoms with E-state index in [0.29, 0.717) is 0 Å². The molecule has 1 aliphatic rings. The number of alkyl halides is 2. The van der Waals surface area contributed by atoms with Crippen LogP contribution in [0.1, 0.15) is 18.4 Å². The first kappa shape index (κ1) is 13.2. The summed E-state index contributed by atoms with van der Waals surface area (Å²) in [5, 5.41) is 0. The normalized spacial score (nSPS) is 21.2. The van der Waals surface area contributed by atoms with Crippen LogP contribution in [0.4, 0.5) is 8.78 Å². The molecule has 0 aliphatic carbocycles. The summed E-state index contributed by atoms with van der Waals surface area (Å²) < 4.78 is 28.3. The number of halogens is 2. The standard InChI is InChI=1S/C13H18F2N2O/c14-13(15)18-12-5-3-10(4-6-12)8-17-7-1-2-11(16)9-17/h3-6,11,13H,1-2,7-9,16H2/t11-/m1/s1. The van der Waals surface area contributed by atoms with Crippen molar-refractivity contribution < 1.29 is 13.5 Å². The van der Waals surface area contributed by atoms with E-state index < -0.39 is 6.61 Å². The van der Waals surface area contributed by atoms with Gasteiger partial charge in [0.05, 0.1) is 0 Å². The van der Waals surface area contributed by atoms with Crippen LogP contribution < -0.4 is 10.5 Å². The Hall–Kier alpha value is -1.20. The van der Waals surface area contributed by atoms with E-state index in [1.54, 1.807) is 12.1 Å². The van der Waals surface area contributed by atoms with Crippen LogP contribution in [0.2, 0.25) is 0 Å². The van der Waals surface area contributed by atoms with Gasteiger partial charge in [0.15, 0.2) is 0 Å². The van der Waals surface area contributed by atoms with Gasteiger partial charge in [-0.1, -0.05) is 12.1 Å². The van der Waals surface area contributed by atoms with Crippen molar-refractivity contribution in [2.75, 3.05) is 13.1 Å². The Bertz CT molecular complexity index is 370. The fraction of sp³-hybridized carbons (Fsp3) is 0.538. The number of hydrogen-bond acceptors (Lipinski definition) is 3. The van der Waals surface area contributed by atoms with Crippen molar-refractivity contribution in [3.63, 3.8) is 0 Å². The second-order valence-electron chi connectivity index (χ2n) is 4.66. The molecular formula is C13H18F2N2O. The van der Waals surface area contributed by atoms with Gasteiger partial charge < -0.3 is 10.5 Å². The average Bonchev–Trinajstić information content (AvgIpc) is 2.31. The van der Waals surface area contributed by atoms with Crippen molar-refractivity contribution in [3.05, 3.63) is 29.8 Å². The van der Waals surface area contributed by atoms with Gasteiger partial charge in [0, 0.05) is 19.1 Å². The number of benzene rings is 1. The number of likely N-dealkylation sites (tertiary alicyclic amines) is 1. The second-order valence-corrected chi connectivity index (χ2v) is 4.66. The maximum Gasteiger partial charge on any atom is 0.387 e. The summed E-state index contributed by atoms with van der Waals surface area (Å²) in [5.74, 6) is 0.198. The highest BCUT2D eigenvalue weighted by atomic mass is 19.3. The zero-order valence-electron chi connectivity index (χ0n) is 10.2. The molecule has 0 amide bonds. The molecule has 1 atom stereocenters. The van der Waals surface area contributed by atoms with Gasteiger partial charge in [-0.25, -0.2) is 0 Å². The highest BCUT2D eigenvalue weighted by molar-refractivity contribution is 5.27. The molecule has 0 saturated carbocycles. The van der Waals surface area contributed by atoms with E-state index in [2.05, 4.69) is 9.64 Å². The Kier molecular flexibility index (Phi) is 4.49. The first-order chi connectivity index (χ1) is 8.63.